The van der Waals surface area contributed by atoms with Crippen molar-refractivity contribution in [2.75, 3.05) is 20.2 Å². The molecule has 1 rings (SSSR count). The van der Waals surface area contributed by atoms with Gasteiger partial charge >= 0.3 is 6.03 Å². The molecule has 0 spiro atoms. The number of nitrogens with zero attached hydrogens (tertiary/aromatic N) is 1. The molecule has 0 aliphatic heterocycles. The lowest BCUT2D eigenvalue weighted by Crippen LogP contribution is -2.44. The van der Waals surface area contributed by atoms with E-state index in [1.165, 1.54) is 24.2 Å². The molecule has 0 atom stereocenters. The van der Waals surface area contributed by atoms with E-state index in [-0.39, 0.29) is 12.6 Å². The number of hydrogen-bond donors (Lipinski definition) is 2. The molecule has 0 heterocycles. The highest BCUT2D eigenvalue weighted by Gasteiger charge is 2.17. The zero-order valence-corrected chi connectivity index (χ0v) is 8.83. The Kier molecular flexibility index (Phi) is 4.73. The average molecular weight is 200 g/mol. The largest absolute Gasteiger partial charge is 0.395 e. The first-order chi connectivity index (χ1) is 6.74. The molecule has 2 N–H and O–H groups in total. The Morgan fingerprint density at radius 2 is 2.07 bits per heavy atom. The Balaban J connectivity index is 2.24. The molecule has 1 fully saturated rings. The number of urea groups is 1. The third-order valence-electron chi connectivity index (χ3n) is 2.71. The van der Waals surface area contributed by atoms with Crippen LogP contribution >= 0.6 is 0 Å². The van der Waals surface area contributed by atoms with Gasteiger partial charge in [0.15, 0.2) is 0 Å². The zero-order valence-electron chi connectivity index (χ0n) is 8.83. The number of rotatable bonds is 3. The number of nitrogens with one attached hydrogen (secondary N) is 1. The molecule has 82 valence electrons. The molecule has 1 saturated carbocycles. The normalized spacial score (nSPS) is 17.9. The molecule has 4 nitrogen and oxygen atoms in total. The molecular weight excluding hydrogens is 180 g/mol. The van der Waals surface area contributed by atoms with Crippen molar-refractivity contribution in [1.82, 2.24) is 10.2 Å². The SMILES string of the molecule is CN(CCO)C(=O)NC1CCCCC1. The van der Waals surface area contributed by atoms with Gasteiger partial charge in [0, 0.05) is 19.6 Å². The highest BCUT2D eigenvalue weighted by Crippen LogP contribution is 2.17. The first-order valence-electron chi connectivity index (χ1n) is 5.36. The highest BCUT2D eigenvalue weighted by atomic mass is 16.3. The lowest BCUT2D eigenvalue weighted by atomic mass is 9.96. The molecule has 0 unspecified atom stereocenters. The minimum Gasteiger partial charge on any atom is -0.395 e. The van der Waals surface area contributed by atoms with Gasteiger partial charge in [-0.1, -0.05) is 19.3 Å². The fraction of sp³-hybridized carbons (Fsp3) is 0.900. The van der Waals surface area contributed by atoms with Crippen molar-refractivity contribution < 1.29 is 9.90 Å². The Morgan fingerprint density at radius 3 is 2.64 bits per heavy atom. The van der Waals surface area contributed by atoms with E-state index < -0.39 is 0 Å². The second-order valence-electron chi connectivity index (χ2n) is 3.93. The van der Waals surface area contributed by atoms with Crippen molar-refractivity contribution in [3.05, 3.63) is 0 Å². The van der Waals surface area contributed by atoms with Crippen molar-refractivity contribution in [1.29, 1.82) is 0 Å². The summed E-state index contributed by atoms with van der Waals surface area (Å²) in [5.41, 5.74) is 0. The van der Waals surface area contributed by atoms with Crippen molar-refractivity contribution in [3.63, 3.8) is 0 Å². The second-order valence-corrected chi connectivity index (χ2v) is 3.93. The van der Waals surface area contributed by atoms with E-state index in [2.05, 4.69) is 5.32 Å². The van der Waals surface area contributed by atoms with E-state index >= 15 is 0 Å². The standard InChI is InChI=1S/C10H20N2O2/c1-12(7-8-13)10(14)11-9-5-3-2-4-6-9/h9,13H,2-8H2,1H3,(H,11,14). The van der Waals surface area contributed by atoms with Crippen LogP contribution < -0.4 is 5.32 Å². The van der Waals surface area contributed by atoms with E-state index in [0.29, 0.717) is 12.6 Å². The summed E-state index contributed by atoms with van der Waals surface area (Å²) in [5, 5.41) is 11.6. The van der Waals surface area contributed by atoms with Crippen molar-refractivity contribution >= 4 is 6.03 Å². The lowest BCUT2D eigenvalue weighted by molar-refractivity contribution is 0.184. The predicted octanol–water partition coefficient (Wildman–Crippen LogP) is 0.953. The molecule has 1 aliphatic carbocycles. The third kappa shape index (κ3) is 3.54. The van der Waals surface area contributed by atoms with Gasteiger partial charge in [0.05, 0.1) is 6.61 Å². The van der Waals surface area contributed by atoms with Crippen LogP contribution in [0, 0.1) is 0 Å². The van der Waals surface area contributed by atoms with Gasteiger partial charge in [-0.3, -0.25) is 0 Å². The van der Waals surface area contributed by atoms with Crippen molar-refractivity contribution in [2.24, 2.45) is 0 Å². The molecular formula is C10H20N2O2. The third-order valence-corrected chi connectivity index (χ3v) is 2.71. The van der Waals surface area contributed by atoms with Crippen LogP contribution in [0.2, 0.25) is 0 Å². The zero-order chi connectivity index (χ0) is 10.4. The number of carbonyl (C=O) groups excluding carboxylic acids is 1. The maximum absolute atomic E-state index is 11.5. The molecule has 4 heteroatoms. The number of carbonyl (C=O) groups is 1. The van der Waals surface area contributed by atoms with Crippen molar-refractivity contribution in [3.8, 4) is 0 Å². The van der Waals surface area contributed by atoms with Crippen LogP contribution in [0.15, 0.2) is 0 Å². The van der Waals surface area contributed by atoms with Gasteiger partial charge in [-0.2, -0.15) is 0 Å². The lowest BCUT2D eigenvalue weighted by Gasteiger charge is -2.25. The Labute approximate surface area is 85.3 Å². The summed E-state index contributed by atoms with van der Waals surface area (Å²) in [5.74, 6) is 0. The minimum absolute atomic E-state index is 0.0224. The maximum Gasteiger partial charge on any atom is 0.317 e. The summed E-state index contributed by atoms with van der Waals surface area (Å²) in [6.45, 7) is 0.424. The first kappa shape index (κ1) is 11.3. The number of aliphatic hydroxyl groups excluding tert-OH is 1. The van der Waals surface area contributed by atoms with Crippen LogP contribution in [0.3, 0.4) is 0 Å². The molecule has 1 aliphatic rings. The molecule has 0 saturated heterocycles. The van der Waals surface area contributed by atoms with Crippen LogP contribution in [-0.4, -0.2) is 42.3 Å². The molecule has 0 bridgehead atoms. The smallest absolute Gasteiger partial charge is 0.317 e. The van der Waals surface area contributed by atoms with Gasteiger partial charge in [0.2, 0.25) is 0 Å². The van der Waals surface area contributed by atoms with Crippen molar-refractivity contribution in [2.45, 2.75) is 38.1 Å². The minimum atomic E-state index is -0.0639. The van der Waals surface area contributed by atoms with Gasteiger partial charge in [0.25, 0.3) is 0 Å². The summed E-state index contributed by atoms with van der Waals surface area (Å²) in [6, 6.07) is 0.281. The fourth-order valence-corrected chi connectivity index (χ4v) is 1.78. The molecule has 0 aromatic rings. The maximum atomic E-state index is 11.5. The van der Waals surface area contributed by atoms with Gasteiger partial charge in [-0.05, 0) is 12.8 Å². The number of hydrogen-bond acceptors (Lipinski definition) is 2. The van der Waals surface area contributed by atoms with Gasteiger partial charge < -0.3 is 15.3 Å². The second kappa shape index (κ2) is 5.86. The van der Waals surface area contributed by atoms with Crippen LogP contribution in [0.4, 0.5) is 4.79 Å². The van der Waals surface area contributed by atoms with Gasteiger partial charge in [-0.15, -0.1) is 0 Å². The molecule has 0 aromatic carbocycles. The predicted molar refractivity (Wildman–Crippen MR) is 55.1 cm³/mol. The summed E-state index contributed by atoms with van der Waals surface area (Å²) in [4.78, 5) is 13.0. The van der Waals surface area contributed by atoms with Gasteiger partial charge in [-0.25, -0.2) is 4.79 Å². The molecule has 2 amide bonds. The van der Waals surface area contributed by atoms with E-state index in [4.69, 9.17) is 5.11 Å². The van der Waals surface area contributed by atoms with Gasteiger partial charge in [0.1, 0.15) is 0 Å². The summed E-state index contributed by atoms with van der Waals surface area (Å²) >= 11 is 0. The monoisotopic (exact) mass is 200 g/mol. The quantitative estimate of drug-likeness (QED) is 0.712. The molecule has 0 radical (unpaired) electrons. The first-order valence-corrected chi connectivity index (χ1v) is 5.36. The number of likely N-dealkylation sites (N-methyl/N-ethyl adjacent to an activating group) is 1. The van der Waals surface area contributed by atoms with E-state index in [1.807, 2.05) is 0 Å². The summed E-state index contributed by atoms with van der Waals surface area (Å²) in [7, 11) is 1.70. The van der Waals surface area contributed by atoms with E-state index in [0.717, 1.165) is 12.8 Å². The molecule has 0 aromatic heterocycles. The van der Waals surface area contributed by atoms with Crippen LogP contribution in [0.5, 0.6) is 0 Å². The summed E-state index contributed by atoms with van der Waals surface area (Å²) < 4.78 is 0. The highest BCUT2D eigenvalue weighted by molar-refractivity contribution is 5.74. The Hall–Kier alpha value is -0.770. The number of aliphatic hydroxyl groups is 1. The van der Waals surface area contributed by atoms with Crippen LogP contribution in [0.25, 0.3) is 0 Å². The van der Waals surface area contributed by atoms with E-state index in [1.54, 1.807) is 7.05 Å². The molecule has 14 heavy (non-hydrogen) atoms. The fourth-order valence-electron chi connectivity index (χ4n) is 1.78. The topological polar surface area (TPSA) is 52.6 Å². The summed E-state index contributed by atoms with van der Waals surface area (Å²) in [6.07, 6.45) is 5.92. The average Bonchev–Trinajstić information content (AvgIpc) is 2.19. The Bertz CT molecular complexity index is 179. The number of amides is 2. The van der Waals surface area contributed by atoms with Crippen LogP contribution in [0.1, 0.15) is 32.1 Å². The van der Waals surface area contributed by atoms with Crippen LogP contribution in [-0.2, 0) is 0 Å². The van der Waals surface area contributed by atoms with E-state index in [9.17, 15) is 4.79 Å². The Morgan fingerprint density at radius 1 is 1.43 bits per heavy atom.